The van der Waals surface area contributed by atoms with Gasteiger partial charge >= 0.3 is 0 Å². The molecule has 1 fully saturated rings. The lowest BCUT2D eigenvalue weighted by atomic mass is 10.2. The van der Waals surface area contributed by atoms with Gasteiger partial charge in [0.2, 0.25) is 0 Å². The van der Waals surface area contributed by atoms with Crippen molar-refractivity contribution in [3.8, 4) is 0 Å². The van der Waals surface area contributed by atoms with E-state index in [4.69, 9.17) is 0 Å². The van der Waals surface area contributed by atoms with Crippen molar-refractivity contribution in [2.24, 2.45) is 0 Å². The number of piperazine rings is 1. The molecule has 0 unspecified atom stereocenters. The molecule has 0 radical (unpaired) electrons. The maximum atomic E-state index is 12.4. The molecule has 0 bridgehead atoms. The predicted octanol–water partition coefficient (Wildman–Crippen LogP) is 2.64. The summed E-state index contributed by atoms with van der Waals surface area (Å²) in [4.78, 5) is 18.0. The van der Waals surface area contributed by atoms with Crippen molar-refractivity contribution in [1.82, 2.24) is 9.80 Å². The van der Waals surface area contributed by atoms with E-state index in [-0.39, 0.29) is 5.91 Å². The topological polar surface area (TPSA) is 23.6 Å². The second kappa shape index (κ2) is 6.87. The zero-order valence-corrected chi connectivity index (χ0v) is 12.4. The molecule has 1 aromatic rings. The molecule has 2 rings (SSSR count). The number of aryl methyl sites for hydroxylation is 1. The summed E-state index contributed by atoms with van der Waals surface area (Å²) in [7, 11) is 0. The Labute approximate surface area is 119 Å². The number of nitrogens with zero attached hydrogens (tertiary/aromatic N) is 2. The Bertz CT molecular complexity index is 433. The molecular formula is C15H22N2OS. The van der Waals surface area contributed by atoms with E-state index in [0.29, 0.717) is 0 Å². The van der Waals surface area contributed by atoms with Crippen LogP contribution in [0.3, 0.4) is 0 Å². The lowest BCUT2D eigenvalue weighted by Gasteiger charge is -2.34. The van der Waals surface area contributed by atoms with Crippen LogP contribution in [0.5, 0.6) is 0 Å². The Morgan fingerprint density at radius 1 is 1.42 bits per heavy atom. The summed E-state index contributed by atoms with van der Waals surface area (Å²) in [6, 6.07) is 2.06. The fourth-order valence-corrected chi connectivity index (χ4v) is 3.33. The zero-order valence-electron chi connectivity index (χ0n) is 11.6. The van der Waals surface area contributed by atoms with Crippen LogP contribution in [-0.2, 0) is 6.42 Å². The minimum atomic E-state index is 0.192. The van der Waals surface area contributed by atoms with Gasteiger partial charge in [0.15, 0.2) is 0 Å². The van der Waals surface area contributed by atoms with Crippen molar-refractivity contribution in [1.29, 1.82) is 0 Å². The van der Waals surface area contributed by atoms with Crippen LogP contribution < -0.4 is 0 Å². The summed E-state index contributed by atoms with van der Waals surface area (Å²) < 4.78 is 0. The van der Waals surface area contributed by atoms with Crippen LogP contribution in [0.1, 0.15) is 28.6 Å². The molecule has 1 amide bonds. The quantitative estimate of drug-likeness (QED) is 0.773. The van der Waals surface area contributed by atoms with Crippen molar-refractivity contribution >= 4 is 17.2 Å². The second-order valence-electron chi connectivity index (χ2n) is 4.93. The summed E-state index contributed by atoms with van der Waals surface area (Å²) in [6.07, 6.45) is 4.13. The molecule has 3 nitrogen and oxygen atoms in total. The first-order valence-electron chi connectivity index (χ1n) is 6.94. The van der Waals surface area contributed by atoms with Gasteiger partial charge in [-0.3, -0.25) is 9.69 Å². The van der Waals surface area contributed by atoms with Gasteiger partial charge < -0.3 is 4.90 Å². The van der Waals surface area contributed by atoms with E-state index in [1.165, 1.54) is 4.88 Å². The van der Waals surface area contributed by atoms with E-state index in [9.17, 15) is 4.79 Å². The molecule has 0 aromatic carbocycles. The molecule has 1 aliphatic rings. The van der Waals surface area contributed by atoms with Crippen LogP contribution in [0, 0.1) is 0 Å². The van der Waals surface area contributed by atoms with Gasteiger partial charge in [0.1, 0.15) is 0 Å². The monoisotopic (exact) mass is 278 g/mol. The van der Waals surface area contributed by atoms with Gasteiger partial charge in [-0.1, -0.05) is 19.4 Å². The van der Waals surface area contributed by atoms with Gasteiger partial charge in [0.25, 0.3) is 5.91 Å². The molecule has 2 heterocycles. The third-order valence-corrected chi connectivity index (χ3v) is 4.44. The largest absolute Gasteiger partial charge is 0.336 e. The highest BCUT2D eigenvalue weighted by Gasteiger charge is 2.22. The van der Waals surface area contributed by atoms with Crippen LogP contribution in [0.4, 0.5) is 0 Å². The standard InChI is InChI=1S/C15H22N2OS/c1-3-5-14-11-13(12-19-14)15(18)17-9-7-16(6-4-2)8-10-17/h4,11-12H,2-3,5-10H2,1H3. The van der Waals surface area contributed by atoms with Gasteiger partial charge in [-0.15, -0.1) is 17.9 Å². The molecule has 0 saturated carbocycles. The van der Waals surface area contributed by atoms with Gasteiger partial charge in [-0.25, -0.2) is 0 Å². The van der Waals surface area contributed by atoms with Crippen molar-refractivity contribution in [3.05, 3.63) is 34.5 Å². The third-order valence-electron chi connectivity index (χ3n) is 3.44. The predicted molar refractivity (Wildman–Crippen MR) is 80.9 cm³/mol. The zero-order chi connectivity index (χ0) is 13.7. The van der Waals surface area contributed by atoms with Gasteiger partial charge in [0, 0.05) is 43.0 Å². The lowest BCUT2D eigenvalue weighted by Crippen LogP contribution is -2.48. The molecule has 0 spiro atoms. The molecule has 1 aromatic heterocycles. The Balaban J connectivity index is 1.91. The van der Waals surface area contributed by atoms with Crippen LogP contribution in [0.25, 0.3) is 0 Å². The summed E-state index contributed by atoms with van der Waals surface area (Å²) in [6.45, 7) is 10.4. The summed E-state index contributed by atoms with van der Waals surface area (Å²) in [5.74, 6) is 0.192. The smallest absolute Gasteiger partial charge is 0.254 e. The molecular weight excluding hydrogens is 256 g/mol. The number of hydrogen-bond donors (Lipinski definition) is 0. The average molecular weight is 278 g/mol. The molecule has 0 aliphatic carbocycles. The summed E-state index contributed by atoms with van der Waals surface area (Å²) in [5, 5.41) is 2.00. The van der Waals surface area contributed by atoms with Crippen LogP contribution in [-0.4, -0.2) is 48.4 Å². The van der Waals surface area contributed by atoms with Crippen LogP contribution in [0.2, 0.25) is 0 Å². The Morgan fingerprint density at radius 2 is 2.16 bits per heavy atom. The molecule has 0 N–H and O–H groups in total. The number of rotatable bonds is 5. The molecule has 0 atom stereocenters. The SMILES string of the molecule is C=CCN1CCN(C(=O)c2csc(CCC)c2)CC1. The molecule has 1 aliphatic heterocycles. The van der Waals surface area contributed by atoms with E-state index >= 15 is 0 Å². The van der Waals surface area contributed by atoms with Crippen LogP contribution >= 0.6 is 11.3 Å². The summed E-state index contributed by atoms with van der Waals surface area (Å²) >= 11 is 1.70. The number of hydrogen-bond acceptors (Lipinski definition) is 3. The average Bonchev–Trinajstić information content (AvgIpc) is 2.88. The van der Waals surface area contributed by atoms with Crippen molar-refractivity contribution < 1.29 is 4.79 Å². The first-order chi connectivity index (χ1) is 9.24. The van der Waals surface area contributed by atoms with Crippen LogP contribution in [0.15, 0.2) is 24.1 Å². The van der Waals surface area contributed by atoms with Gasteiger partial charge in [-0.05, 0) is 12.5 Å². The first kappa shape index (κ1) is 14.3. The van der Waals surface area contributed by atoms with E-state index in [0.717, 1.165) is 51.1 Å². The number of amides is 1. The number of carbonyl (C=O) groups is 1. The number of thiophene rings is 1. The fourth-order valence-electron chi connectivity index (χ4n) is 2.37. The van der Waals surface area contributed by atoms with E-state index in [1.54, 1.807) is 11.3 Å². The van der Waals surface area contributed by atoms with Crippen molar-refractivity contribution in [2.75, 3.05) is 32.7 Å². The molecule has 104 valence electrons. The Kier molecular flexibility index (Phi) is 5.16. The van der Waals surface area contributed by atoms with Crippen molar-refractivity contribution in [2.45, 2.75) is 19.8 Å². The number of carbonyl (C=O) groups excluding carboxylic acids is 1. The fraction of sp³-hybridized carbons (Fsp3) is 0.533. The molecule has 1 saturated heterocycles. The molecule has 4 heteroatoms. The highest BCUT2D eigenvalue weighted by Crippen LogP contribution is 2.18. The Morgan fingerprint density at radius 3 is 2.79 bits per heavy atom. The third kappa shape index (κ3) is 3.67. The van der Waals surface area contributed by atoms with Gasteiger partial charge in [-0.2, -0.15) is 0 Å². The Hall–Kier alpha value is -1.13. The van der Waals surface area contributed by atoms with Gasteiger partial charge in [0.05, 0.1) is 5.56 Å². The highest BCUT2D eigenvalue weighted by atomic mass is 32.1. The normalized spacial score (nSPS) is 16.6. The maximum absolute atomic E-state index is 12.4. The first-order valence-corrected chi connectivity index (χ1v) is 7.82. The maximum Gasteiger partial charge on any atom is 0.254 e. The molecule has 19 heavy (non-hydrogen) atoms. The lowest BCUT2D eigenvalue weighted by molar-refractivity contribution is 0.0650. The summed E-state index contributed by atoms with van der Waals surface area (Å²) in [5.41, 5.74) is 0.866. The minimum absolute atomic E-state index is 0.192. The second-order valence-corrected chi connectivity index (χ2v) is 5.93. The minimum Gasteiger partial charge on any atom is -0.336 e. The van der Waals surface area contributed by atoms with Crippen molar-refractivity contribution in [3.63, 3.8) is 0 Å². The van der Waals surface area contributed by atoms with E-state index in [2.05, 4.69) is 24.5 Å². The highest BCUT2D eigenvalue weighted by molar-refractivity contribution is 7.10. The van der Waals surface area contributed by atoms with E-state index in [1.807, 2.05) is 16.4 Å². The van der Waals surface area contributed by atoms with E-state index < -0.39 is 0 Å².